The van der Waals surface area contributed by atoms with Crippen LogP contribution in [0.2, 0.25) is 5.02 Å². The number of hydrogen-bond donors (Lipinski definition) is 2. The van der Waals surface area contributed by atoms with Crippen LogP contribution in [0.15, 0.2) is 60.7 Å². The fraction of sp³-hybridized carbons (Fsp3) is 0.143. The standard InChI is InChI=1S/C21H17ClF2N2O3/c22-17-11-15(8-9-18(17)29-21(23)24)26-20(28)12-25-19(27)10-14-6-3-5-13-4-1-2-7-16(13)14/h1-9,11,21H,10,12H2,(H,25,27)(H,26,28). The first-order valence-electron chi connectivity index (χ1n) is 8.70. The number of alkyl halides is 2. The number of amides is 2. The second-order valence-corrected chi connectivity index (χ2v) is 6.57. The van der Waals surface area contributed by atoms with E-state index in [1.54, 1.807) is 0 Å². The van der Waals surface area contributed by atoms with Crippen molar-refractivity contribution < 1.29 is 23.1 Å². The molecule has 3 aromatic rings. The lowest BCUT2D eigenvalue weighted by atomic mass is 10.0. The number of ether oxygens (including phenoxy) is 1. The van der Waals surface area contributed by atoms with E-state index >= 15 is 0 Å². The van der Waals surface area contributed by atoms with E-state index in [2.05, 4.69) is 15.4 Å². The van der Waals surface area contributed by atoms with E-state index in [1.165, 1.54) is 18.2 Å². The van der Waals surface area contributed by atoms with Crippen molar-refractivity contribution in [2.24, 2.45) is 0 Å². The Morgan fingerprint density at radius 3 is 2.52 bits per heavy atom. The summed E-state index contributed by atoms with van der Waals surface area (Å²) < 4.78 is 28.7. The minimum atomic E-state index is -3.00. The Kier molecular flexibility index (Phi) is 6.61. The Hall–Kier alpha value is -3.19. The van der Waals surface area contributed by atoms with Gasteiger partial charge in [0.2, 0.25) is 11.8 Å². The lowest BCUT2D eigenvalue weighted by Gasteiger charge is -2.10. The third-order valence-corrected chi connectivity index (χ3v) is 4.40. The second kappa shape index (κ2) is 9.34. The number of carbonyl (C=O) groups is 2. The molecule has 0 bridgehead atoms. The summed E-state index contributed by atoms with van der Waals surface area (Å²) in [6.45, 7) is -3.24. The van der Waals surface area contributed by atoms with E-state index in [0.717, 1.165) is 16.3 Å². The van der Waals surface area contributed by atoms with Crippen LogP contribution in [0.5, 0.6) is 5.75 Å². The molecule has 0 heterocycles. The van der Waals surface area contributed by atoms with Gasteiger partial charge in [-0.1, -0.05) is 54.1 Å². The smallest absolute Gasteiger partial charge is 0.387 e. The molecule has 0 spiro atoms. The fourth-order valence-corrected chi connectivity index (χ4v) is 3.06. The Bertz CT molecular complexity index is 1040. The van der Waals surface area contributed by atoms with Gasteiger partial charge in [-0.15, -0.1) is 0 Å². The molecule has 0 aliphatic heterocycles. The molecular weight excluding hydrogens is 402 g/mol. The average molecular weight is 419 g/mol. The third-order valence-electron chi connectivity index (χ3n) is 4.11. The van der Waals surface area contributed by atoms with Crippen LogP contribution in [0.1, 0.15) is 5.56 Å². The normalized spacial score (nSPS) is 10.8. The maximum atomic E-state index is 12.2. The van der Waals surface area contributed by atoms with Gasteiger partial charge in [0.1, 0.15) is 5.75 Å². The van der Waals surface area contributed by atoms with Gasteiger partial charge in [-0.25, -0.2) is 0 Å². The van der Waals surface area contributed by atoms with Crippen LogP contribution < -0.4 is 15.4 Å². The zero-order valence-electron chi connectivity index (χ0n) is 15.1. The lowest BCUT2D eigenvalue weighted by Crippen LogP contribution is -2.33. The predicted octanol–water partition coefficient (Wildman–Crippen LogP) is 4.39. The molecule has 29 heavy (non-hydrogen) atoms. The van der Waals surface area contributed by atoms with Gasteiger partial charge >= 0.3 is 6.61 Å². The summed E-state index contributed by atoms with van der Waals surface area (Å²) in [5.41, 5.74) is 1.16. The van der Waals surface area contributed by atoms with E-state index in [-0.39, 0.29) is 29.6 Å². The number of nitrogens with one attached hydrogen (secondary N) is 2. The summed E-state index contributed by atoms with van der Waals surface area (Å²) in [5.74, 6) is -0.965. The van der Waals surface area contributed by atoms with Crippen LogP contribution in [0.25, 0.3) is 10.8 Å². The van der Waals surface area contributed by atoms with Crippen LogP contribution in [0.4, 0.5) is 14.5 Å². The Labute approximate surface area is 170 Å². The lowest BCUT2D eigenvalue weighted by molar-refractivity contribution is -0.123. The summed E-state index contributed by atoms with van der Waals surface area (Å²) in [5, 5.41) is 7.04. The number of halogens is 3. The van der Waals surface area contributed by atoms with Crippen molar-refractivity contribution >= 4 is 39.9 Å². The molecule has 150 valence electrons. The maximum absolute atomic E-state index is 12.2. The number of fused-ring (bicyclic) bond motifs is 1. The molecule has 0 saturated carbocycles. The molecule has 3 aromatic carbocycles. The van der Waals surface area contributed by atoms with Crippen LogP contribution in [0, 0.1) is 0 Å². The molecule has 0 aliphatic carbocycles. The van der Waals surface area contributed by atoms with Gasteiger partial charge in [0.15, 0.2) is 0 Å². The number of carbonyl (C=O) groups excluding carboxylic acids is 2. The van der Waals surface area contributed by atoms with E-state index in [9.17, 15) is 18.4 Å². The Morgan fingerprint density at radius 2 is 1.76 bits per heavy atom. The predicted molar refractivity (Wildman–Crippen MR) is 107 cm³/mol. The monoisotopic (exact) mass is 418 g/mol. The highest BCUT2D eigenvalue weighted by Crippen LogP contribution is 2.28. The molecule has 0 unspecified atom stereocenters. The molecule has 0 fully saturated rings. The van der Waals surface area contributed by atoms with E-state index < -0.39 is 12.5 Å². The zero-order valence-corrected chi connectivity index (χ0v) is 15.9. The zero-order chi connectivity index (χ0) is 20.8. The minimum absolute atomic E-state index is 0.0666. The van der Waals surface area contributed by atoms with Crippen LogP contribution in [0.3, 0.4) is 0 Å². The Morgan fingerprint density at radius 1 is 1.00 bits per heavy atom. The van der Waals surface area contributed by atoms with E-state index in [1.807, 2.05) is 42.5 Å². The van der Waals surface area contributed by atoms with Gasteiger partial charge in [-0.2, -0.15) is 8.78 Å². The van der Waals surface area contributed by atoms with Gasteiger partial charge in [-0.3, -0.25) is 9.59 Å². The molecule has 0 aliphatic rings. The van der Waals surface area contributed by atoms with Crippen molar-refractivity contribution in [3.8, 4) is 5.75 Å². The molecule has 0 saturated heterocycles. The van der Waals surface area contributed by atoms with Crippen LogP contribution in [-0.2, 0) is 16.0 Å². The van der Waals surface area contributed by atoms with Gasteiger partial charge in [0.25, 0.3) is 0 Å². The molecule has 8 heteroatoms. The van der Waals surface area contributed by atoms with E-state index in [4.69, 9.17) is 11.6 Å². The molecule has 2 amide bonds. The van der Waals surface area contributed by atoms with Gasteiger partial charge < -0.3 is 15.4 Å². The maximum Gasteiger partial charge on any atom is 0.387 e. The molecule has 5 nitrogen and oxygen atoms in total. The summed E-state index contributed by atoms with van der Waals surface area (Å²) in [7, 11) is 0. The summed E-state index contributed by atoms with van der Waals surface area (Å²) in [6, 6.07) is 17.3. The number of hydrogen-bond acceptors (Lipinski definition) is 3. The largest absolute Gasteiger partial charge is 0.433 e. The van der Waals surface area contributed by atoms with Crippen molar-refractivity contribution in [1.82, 2.24) is 5.32 Å². The van der Waals surface area contributed by atoms with Crippen LogP contribution in [-0.4, -0.2) is 25.0 Å². The topological polar surface area (TPSA) is 67.4 Å². The summed E-state index contributed by atoms with van der Waals surface area (Å²) in [4.78, 5) is 24.3. The molecular formula is C21H17ClF2N2O3. The highest BCUT2D eigenvalue weighted by atomic mass is 35.5. The van der Waals surface area contributed by atoms with Crippen molar-refractivity contribution in [1.29, 1.82) is 0 Å². The average Bonchev–Trinajstić information content (AvgIpc) is 2.68. The number of rotatable bonds is 7. The molecule has 0 atom stereocenters. The first kappa shape index (κ1) is 20.5. The van der Waals surface area contributed by atoms with Gasteiger partial charge in [0, 0.05) is 5.69 Å². The molecule has 0 radical (unpaired) electrons. The summed E-state index contributed by atoms with van der Waals surface area (Å²) >= 11 is 5.84. The Balaban J connectivity index is 1.54. The van der Waals surface area contributed by atoms with Crippen LogP contribution >= 0.6 is 11.6 Å². The highest BCUT2D eigenvalue weighted by molar-refractivity contribution is 6.32. The van der Waals surface area contributed by atoms with Crippen molar-refractivity contribution in [2.75, 3.05) is 11.9 Å². The second-order valence-electron chi connectivity index (χ2n) is 6.16. The first-order valence-corrected chi connectivity index (χ1v) is 9.08. The highest BCUT2D eigenvalue weighted by Gasteiger charge is 2.12. The molecule has 0 aromatic heterocycles. The van der Waals surface area contributed by atoms with Gasteiger partial charge in [0.05, 0.1) is 18.0 Å². The van der Waals surface area contributed by atoms with Crippen molar-refractivity contribution in [3.63, 3.8) is 0 Å². The molecule has 3 rings (SSSR count). The number of benzene rings is 3. The summed E-state index contributed by atoms with van der Waals surface area (Å²) in [6.07, 6.45) is 0.139. The van der Waals surface area contributed by atoms with Gasteiger partial charge in [-0.05, 0) is 34.5 Å². The van der Waals surface area contributed by atoms with Crippen molar-refractivity contribution in [3.05, 3.63) is 71.2 Å². The van der Waals surface area contributed by atoms with Crippen molar-refractivity contribution in [2.45, 2.75) is 13.0 Å². The first-order chi connectivity index (χ1) is 13.9. The fourth-order valence-electron chi connectivity index (χ4n) is 2.84. The quantitative estimate of drug-likeness (QED) is 0.598. The van der Waals surface area contributed by atoms with E-state index in [0.29, 0.717) is 5.69 Å². The SMILES string of the molecule is O=C(Cc1cccc2ccccc12)NCC(=O)Nc1ccc(OC(F)F)c(Cl)c1. The number of anilines is 1. The molecule has 2 N–H and O–H groups in total. The third kappa shape index (κ3) is 5.65. The minimum Gasteiger partial charge on any atom is -0.433 e.